The molecule has 3 heterocycles. The maximum atomic E-state index is 14.0. The molecule has 162 valence electrons. The Hall–Kier alpha value is -2.62. The van der Waals surface area contributed by atoms with Gasteiger partial charge < -0.3 is 38.9 Å². The van der Waals surface area contributed by atoms with Crippen LogP contribution in [0, 0.1) is 26.0 Å². The van der Waals surface area contributed by atoms with Crippen LogP contribution in [0.2, 0.25) is 0 Å². The molecule has 0 aliphatic carbocycles. The van der Waals surface area contributed by atoms with Gasteiger partial charge in [0.25, 0.3) is 0 Å². The third-order valence-corrected chi connectivity index (χ3v) is 4.08. The minimum atomic E-state index is -3.03. The van der Waals surface area contributed by atoms with Crippen molar-refractivity contribution in [3.63, 3.8) is 0 Å². The minimum absolute atomic E-state index is 0. The molecular formula is C22H19F3N5NaO-2. The topological polar surface area (TPSA) is 75.7 Å². The SMILES string of the molecule is [CH2-]CC([CH2-])Nc1ccc(-c2c(F)cccc2OC(F)F)cn1.[Na+].[c-]1nc2cccnc2[nH]1. The number of hydrogen-bond donors (Lipinski definition) is 2. The number of benzene rings is 1. The second kappa shape index (κ2) is 12.4. The Balaban J connectivity index is 0.000000301. The second-order valence-corrected chi connectivity index (χ2v) is 6.27. The van der Waals surface area contributed by atoms with Crippen LogP contribution in [0.3, 0.4) is 0 Å². The first kappa shape index (κ1) is 25.6. The molecule has 0 fully saturated rings. The molecule has 10 heteroatoms. The molecule has 1 atom stereocenters. The molecule has 0 bridgehead atoms. The van der Waals surface area contributed by atoms with E-state index in [1.165, 1.54) is 24.4 Å². The number of nitrogens with zero attached hydrogens (tertiary/aromatic N) is 3. The Morgan fingerprint density at radius 3 is 2.59 bits per heavy atom. The molecule has 0 saturated heterocycles. The van der Waals surface area contributed by atoms with Crippen molar-refractivity contribution < 1.29 is 47.5 Å². The van der Waals surface area contributed by atoms with Crippen LogP contribution in [0.25, 0.3) is 22.3 Å². The number of alkyl halides is 2. The predicted molar refractivity (Wildman–Crippen MR) is 112 cm³/mol. The van der Waals surface area contributed by atoms with E-state index in [1.807, 2.05) is 12.1 Å². The van der Waals surface area contributed by atoms with Crippen molar-refractivity contribution in [1.82, 2.24) is 19.9 Å². The van der Waals surface area contributed by atoms with Crippen LogP contribution >= 0.6 is 0 Å². The maximum Gasteiger partial charge on any atom is 1.00 e. The number of anilines is 1. The summed E-state index contributed by atoms with van der Waals surface area (Å²) in [5, 5.41) is 3.00. The van der Waals surface area contributed by atoms with Gasteiger partial charge in [-0.3, -0.25) is 0 Å². The smallest absolute Gasteiger partial charge is 0.446 e. The molecule has 0 saturated carbocycles. The molecule has 0 amide bonds. The monoisotopic (exact) mass is 449 g/mol. The minimum Gasteiger partial charge on any atom is -0.446 e. The zero-order valence-corrected chi connectivity index (χ0v) is 19.4. The molecule has 6 nitrogen and oxygen atoms in total. The van der Waals surface area contributed by atoms with E-state index in [1.54, 1.807) is 18.3 Å². The Morgan fingerprint density at radius 2 is 1.94 bits per heavy atom. The number of ether oxygens (including phenoxy) is 1. The van der Waals surface area contributed by atoms with Crippen molar-refractivity contribution in [2.75, 3.05) is 5.32 Å². The van der Waals surface area contributed by atoms with Crippen molar-refractivity contribution in [3.8, 4) is 16.9 Å². The Bertz CT molecular complexity index is 1080. The van der Waals surface area contributed by atoms with E-state index in [0.717, 1.165) is 11.2 Å². The molecule has 1 aromatic carbocycles. The molecule has 0 aliphatic heterocycles. The summed E-state index contributed by atoms with van der Waals surface area (Å²) >= 11 is 0. The number of H-pyrrole nitrogens is 1. The third kappa shape index (κ3) is 6.94. The predicted octanol–water partition coefficient (Wildman–Crippen LogP) is 2.09. The van der Waals surface area contributed by atoms with Gasteiger partial charge in [0.15, 0.2) is 0 Å². The van der Waals surface area contributed by atoms with Gasteiger partial charge in [-0.15, -0.1) is 6.04 Å². The molecule has 4 aromatic rings. The van der Waals surface area contributed by atoms with Gasteiger partial charge >= 0.3 is 36.2 Å². The Morgan fingerprint density at radius 1 is 1.12 bits per heavy atom. The van der Waals surface area contributed by atoms with E-state index in [4.69, 9.17) is 0 Å². The number of hydrogen-bond acceptors (Lipinski definition) is 5. The second-order valence-electron chi connectivity index (χ2n) is 6.27. The number of fused-ring (bicyclic) bond motifs is 1. The van der Waals surface area contributed by atoms with Crippen LogP contribution in [0.5, 0.6) is 5.75 Å². The van der Waals surface area contributed by atoms with E-state index in [-0.39, 0.29) is 46.9 Å². The number of imidazole rings is 1. The standard InChI is InChI=1S/C16H15F3N2O.C6H4N3.Na/c1-3-10(2)21-14-8-7-11(9-20-14)15-12(17)5-4-6-13(15)22-16(18)19;1-2-5-6(7-3-1)9-4-8-5;/h4-10,16H,1-3H2,(H,20,21);1-3H,(H,7,8,9);/q-2;-1;+1. The zero-order valence-electron chi connectivity index (χ0n) is 17.4. The van der Waals surface area contributed by atoms with E-state index < -0.39 is 12.4 Å². The van der Waals surface area contributed by atoms with E-state index in [0.29, 0.717) is 17.8 Å². The molecule has 0 radical (unpaired) electrons. The summed E-state index contributed by atoms with van der Waals surface area (Å²) in [5.74, 6) is -0.348. The number of rotatable bonds is 6. The fraction of sp³-hybridized carbons (Fsp3) is 0.136. The molecular weight excluding hydrogens is 430 g/mol. The summed E-state index contributed by atoms with van der Waals surface area (Å²) in [6.07, 6.45) is 6.27. The van der Waals surface area contributed by atoms with Gasteiger partial charge in [-0.2, -0.15) is 15.2 Å². The van der Waals surface area contributed by atoms with Crippen molar-refractivity contribution in [2.24, 2.45) is 0 Å². The molecule has 4 rings (SSSR count). The van der Waals surface area contributed by atoms with Gasteiger partial charge in [0.1, 0.15) is 17.4 Å². The van der Waals surface area contributed by atoms with Crippen molar-refractivity contribution in [3.05, 3.63) is 80.9 Å². The van der Waals surface area contributed by atoms with Gasteiger partial charge in [-0.05, 0) is 30.6 Å². The molecule has 3 aromatic heterocycles. The normalized spacial score (nSPS) is 11.3. The Kier molecular flexibility index (Phi) is 9.96. The van der Waals surface area contributed by atoms with Crippen LogP contribution in [-0.2, 0) is 0 Å². The summed E-state index contributed by atoms with van der Waals surface area (Å²) in [5.41, 5.74) is 1.94. The van der Waals surface area contributed by atoms with Crippen LogP contribution in [0.4, 0.5) is 19.0 Å². The fourth-order valence-electron chi connectivity index (χ4n) is 2.61. The zero-order chi connectivity index (χ0) is 22.2. The van der Waals surface area contributed by atoms with Crippen LogP contribution in [-0.4, -0.2) is 32.6 Å². The molecule has 2 N–H and O–H groups in total. The van der Waals surface area contributed by atoms with Crippen LogP contribution < -0.4 is 39.6 Å². The number of aromatic nitrogens is 4. The number of aromatic amines is 1. The summed E-state index contributed by atoms with van der Waals surface area (Å²) in [4.78, 5) is 14.8. The summed E-state index contributed by atoms with van der Waals surface area (Å²) < 4.78 is 43.1. The largest absolute Gasteiger partial charge is 1.00 e. The average molecular weight is 449 g/mol. The van der Waals surface area contributed by atoms with Gasteiger partial charge in [-0.25, -0.2) is 9.37 Å². The Labute approximate surface area is 205 Å². The number of nitrogens with one attached hydrogen (secondary N) is 2. The first-order chi connectivity index (χ1) is 15.0. The van der Waals surface area contributed by atoms with E-state index in [9.17, 15) is 13.2 Å². The van der Waals surface area contributed by atoms with Gasteiger partial charge in [-0.1, -0.05) is 23.7 Å². The van der Waals surface area contributed by atoms with Crippen LogP contribution in [0.1, 0.15) is 6.42 Å². The van der Waals surface area contributed by atoms with E-state index >= 15 is 0 Å². The van der Waals surface area contributed by atoms with Crippen molar-refractivity contribution >= 4 is 17.0 Å². The van der Waals surface area contributed by atoms with Crippen molar-refractivity contribution in [1.29, 1.82) is 0 Å². The number of pyridine rings is 2. The van der Waals surface area contributed by atoms with Gasteiger partial charge in [0.05, 0.1) is 5.56 Å². The van der Waals surface area contributed by atoms with Gasteiger partial charge in [0, 0.05) is 23.6 Å². The molecule has 32 heavy (non-hydrogen) atoms. The summed E-state index contributed by atoms with van der Waals surface area (Å²) in [6, 6.07) is 10.6. The molecule has 0 aliphatic rings. The van der Waals surface area contributed by atoms with E-state index in [2.05, 4.69) is 50.2 Å². The molecule has 1 unspecified atom stereocenters. The fourth-order valence-corrected chi connectivity index (χ4v) is 2.61. The van der Waals surface area contributed by atoms with Crippen LogP contribution in [0.15, 0.2) is 54.9 Å². The molecule has 0 spiro atoms. The maximum absolute atomic E-state index is 14.0. The summed E-state index contributed by atoms with van der Waals surface area (Å²) in [7, 11) is 0. The van der Waals surface area contributed by atoms with Crippen molar-refractivity contribution in [2.45, 2.75) is 19.1 Å². The van der Waals surface area contributed by atoms with Gasteiger partial charge in [0.2, 0.25) is 0 Å². The first-order valence-electron chi connectivity index (χ1n) is 9.23. The third-order valence-electron chi connectivity index (χ3n) is 4.08. The first-order valence-corrected chi connectivity index (χ1v) is 9.23. The summed E-state index contributed by atoms with van der Waals surface area (Å²) in [6.45, 7) is 4.49. The average Bonchev–Trinajstić information content (AvgIpc) is 3.24. The number of halogens is 3. The quantitative estimate of drug-likeness (QED) is 0.348.